The van der Waals surface area contributed by atoms with E-state index in [0.717, 1.165) is 0 Å². The first-order valence-electron chi connectivity index (χ1n) is 7.52. The van der Waals surface area contributed by atoms with Crippen LogP contribution in [0.1, 0.15) is 18.4 Å². The van der Waals surface area contributed by atoms with Crippen molar-refractivity contribution in [2.24, 2.45) is 5.92 Å². The molecule has 2 rings (SSSR count). The maximum atomic E-state index is 12.3. The highest BCUT2D eigenvalue weighted by molar-refractivity contribution is 7.89. The first-order chi connectivity index (χ1) is 11.1. The zero-order valence-electron chi connectivity index (χ0n) is 12.9. The highest BCUT2D eigenvalue weighted by Gasteiger charge is 2.34. The number of likely N-dealkylation sites (tertiary alicyclic amines) is 1. The van der Waals surface area contributed by atoms with Gasteiger partial charge in [0.2, 0.25) is 15.9 Å². The van der Waals surface area contributed by atoms with Crippen LogP contribution in [0, 0.1) is 5.92 Å². The van der Waals surface area contributed by atoms with Crippen LogP contribution in [0.15, 0.2) is 30.3 Å². The molecule has 0 radical (unpaired) electrons. The van der Waals surface area contributed by atoms with Gasteiger partial charge in [-0.15, -0.1) is 0 Å². The number of amides is 1. The molecule has 0 unspecified atom stereocenters. The van der Waals surface area contributed by atoms with Crippen LogP contribution in [0.4, 0.5) is 13.2 Å². The van der Waals surface area contributed by atoms with Gasteiger partial charge in [-0.2, -0.15) is 13.2 Å². The van der Waals surface area contributed by atoms with Gasteiger partial charge in [0.05, 0.1) is 12.3 Å². The van der Waals surface area contributed by atoms with Crippen LogP contribution in [-0.4, -0.2) is 45.0 Å². The van der Waals surface area contributed by atoms with Gasteiger partial charge in [0, 0.05) is 5.92 Å². The molecule has 9 heteroatoms. The van der Waals surface area contributed by atoms with Gasteiger partial charge in [0.1, 0.15) is 0 Å². The summed E-state index contributed by atoms with van der Waals surface area (Å²) in [4.78, 5) is 13.3. The Balaban J connectivity index is 1.85. The largest absolute Gasteiger partial charge is 0.401 e. The molecular formula is C15H19F3N2O3S. The van der Waals surface area contributed by atoms with Crippen molar-refractivity contribution < 1.29 is 26.4 Å². The van der Waals surface area contributed by atoms with Crippen LogP contribution in [0.2, 0.25) is 0 Å². The van der Waals surface area contributed by atoms with Crippen molar-refractivity contribution in [1.29, 1.82) is 0 Å². The molecule has 0 bridgehead atoms. The van der Waals surface area contributed by atoms with Crippen molar-refractivity contribution in [3.05, 3.63) is 35.9 Å². The van der Waals surface area contributed by atoms with Gasteiger partial charge in [0.15, 0.2) is 0 Å². The number of carbonyl (C=O) groups is 1. The standard InChI is InChI=1S/C15H19F3N2O3S/c16-15(17,18)11-20-8-6-13(7-9-20)14(21)19-24(22,23)10-12-4-2-1-3-5-12/h1-5,13H,6-11H2,(H,19,21). The van der Waals surface area contributed by atoms with E-state index in [2.05, 4.69) is 0 Å². The summed E-state index contributed by atoms with van der Waals surface area (Å²) >= 11 is 0. The van der Waals surface area contributed by atoms with E-state index in [-0.39, 0.29) is 31.7 Å². The molecule has 0 aromatic heterocycles. The lowest BCUT2D eigenvalue weighted by molar-refractivity contribution is -0.149. The number of hydrogen-bond acceptors (Lipinski definition) is 4. The van der Waals surface area contributed by atoms with Crippen molar-refractivity contribution in [2.45, 2.75) is 24.8 Å². The SMILES string of the molecule is O=C(NS(=O)(=O)Cc1ccccc1)C1CCN(CC(F)(F)F)CC1. The minimum Gasteiger partial charge on any atom is -0.295 e. The summed E-state index contributed by atoms with van der Waals surface area (Å²) in [6.45, 7) is -0.764. The molecule has 1 amide bonds. The third-order valence-corrected chi connectivity index (χ3v) is 5.04. The molecule has 0 saturated carbocycles. The first kappa shape index (κ1) is 18.7. The number of carbonyl (C=O) groups excluding carboxylic acids is 1. The average Bonchev–Trinajstić information content (AvgIpc) is 2.46. The average molecular weight is 364 g/mol. The molecule has 134 valence electrons. The van der Waals surface area contributed by atoms with Gasteiger partial charge in [-0.25, -0.2) is 8.42 Å². The third kappa shape index (κ3) is 6.12. The van der Waals surface area contributed by atoms with Crippen LogP contribution in [0.5, 0.6) is 0 Å². The van der Waals surface area contributed by atoms with Gasteiger partial charge in [0.25, 0.3) is 0 Å². The number of halogens is 3. The molecule has 0 aliphatic carbocycles. The normalized spacial score (nSPS) is 17.6. The lowest BCUT2D eigenvalue weighted by Gasteiger charge is -2.31. The number of hydrogen-bond donors (Lipinski definition) is 1. The van der Waals surface area contributed by atoms with Crippen LogP contribution in [0.25, 0.3) is 0 Å². The fourth-order valence-corrected chi connectivity index (χ4v) is 3.85. The minimum atomic E-state index is -4.27. The molecule has 24 heavy (non-hydrogen) atoms. The zero-order valence-corrected chi connectivity index (χ0v) is 13.7. The summed E-state index contributed by atoms with van der Waals surface area (Å²) in [6.07, 6.45) is -3.85. The molecule has 0 atom stereocenters. The van der Waals surface area contributed by atoms with Crippen molar-refractivity contribution in [3.63, 3.8) is 0 Å². The van der Waals surface area contributed by atoms with E-state index in [1.165, 1.54) is 4.90 Å². The second kappa shape index (κ2) is 7.52. The second-order valence-electron chi connectivity index (χ2n) is 5.88. The van der Waals surface area contributed by atoms with Gasteiger partial charge >= 0.3 is 6.18 Å². The first-order valence-corrected chi connectivity index (χ1v) is 9.17. The van der Waals surface area contributed by atoms with E-state index < -0.39 is 34.6 Å². The molecule has 1 N–H and O–H groups in total. The quantitative estimate of drug-likeness (QED) is 0.867. The summed E-state index contributed by atoms with van der Waals surface area (Å²) in [6, 6.07) is 8.42. The van der Waals surface area contributed by atoms with Crippen molar-refractivity contribution >= 4 is 15.9 Å². The number of nitrogens with zero attached hydrogens (tertiary/aromatic N) is 1. The summed E-state index contributed by atoms with van der Waals surface area (Å²) in [7, 11) is -3.82. The van der Waals surface area contributed by atoms with E-state index in [1.54, 1.807) is 30.3 Å². The Morgan fingerprint density at radius 1 is 1.17 bits per heavy atom. The van der Waals surface area contributed by atoms with Crippen LogP contribution >= 0.6 is 0 Å². The smallest absolute Gasteiger partial charge is 0.295 e. The molecule has 1 saturated heterocycles. The Morgan fingerprint density at radius 3 is 2.29 bits per heavy atom. The predicted molar refractivity (Wildman–Crippen MR) is 82.4 cm³/mol. The molecular weight excluding hydrogens is 345 g/mol. The van der Waals surface area contributed by atoms with Crippen molar-refractivity contribution in [3.8, 4) is 0 Å². The monoisotopic (exact) mass is 364 g/mol. The molecule has 1 fully saturated rings. The zero-order chi connectivity index (χ0) is 17.8. The summed E-state index contributed by atoms with van der Waals surface area (Å²) in [5, 5.41) is 0. The van der Waals surface area contributed by atoms with Gasteiger partial charge in [-0.3, -0.25) is 14.4 Å². The Morgan fingerprint density at radius 2 is 1.75 bits per heavy atom. The Hall–Kier alpha value is -1.61. The minimum absolute atomic E-state index is 0.121. The van der Waals surface area contributed by atoms with E-state index in [9.17, 15) is 26.4 Å². The van der Waals surface area contributed by atoms with E-state index in [0.29, 0.717) is 5.56 Å². The highest BCUT2D eigenvalue weighted by atomic mass is 32.2. The van der Waals surface area contributed by atoms with Crippen molar-refractivity contribution in [1.82, 2.24) is 9.62 Å². The topological polar surface area (TPSA) is 66.5 Å². The molecule has 1 aromatic carbocycles. The van der Waals surface area contributed by atoms with Crippen LogP contribution < -0.4 is 4.72 Å². The molecule has 5 nitrogen and oxygen atoms in total. The number of sulfonamides is 1. The van der Waals surface area contributed by atoms with Gasteiger partial charge in [-0.05, 0) is 31.5 Å². The van der Waals surface area contributed by atoms with E-state index in [1.807, 2.05) is 4.72 Å². The van der Waals surface area contributed by atoms with Gasteiger partial charge in [-0.1, -0.05) is 30.3 Å². The number of rotatable bonds is 5. The summed E-state index contributed by atoms with van der Waals surface area (Å²) in [5.74, 6) is -1.54. The Labute approximate surface area is 138 Å². The third-order valence-electron chi connectivity index (χ3n) is 3.82. The number of nitrogens with one attached hydrogen (secondary N) is 1. The summed E-state index contributed by atoms with van der Waals surface area (Å²) in [5.41, 5.74) is 0.554. The predicted octanol–water partition coefficient (Wildman–Crippen LogP) is 1.91. The fourth-order valence-electron chi connectivity index (χ4n) is 2.67. The van der Waals surface area contributed by atoms with E-state index >= 15 is 0 Å². The van der Waals surface area contributed by atoms with E-state index in [4.69, 9.17) is 0 Å². The molecule has 1 aliphatic rings. The number of benzene rings is 1. The summed E-state index contributed by atoms with van der Waals surface area (Å²) < 4.78 is 63.0. The molecule has 1 heterocycles. The number of piperidine rings is 1. The maximum Gasteiger partial charge on any atom is 0.401 e. The van der Waals surface area contributed by atoms with Crippen molar-refractivity contribution in [2.75, 3.05) is 19.6 Å². The highest BCUT2D eigenvalue weighted by Crippen LogP contribution is 2.22. The second-order valence-corrected chi connectivity index (χ2v) is 7.60. The number of alkyl halides is 3. The fraction of sp³-hybridized carbons (Fsp3) is 0.533. The molecule has 1 aliphatic heterocycles. The lowest BCUT2D eigenvalue weighted by Crippen LogP contribution is -2.45. The van der Waals surface area contributed by atoms with Crippen LogP contribution in [-0.2, 0) is 20.6 Å². The van der Waals surface area contributed by atoms with Crippen LogP contribution in [0.3, 0.4) is 0 Å². The molecule has 1 aromatic rings. The maximum absolute atomic E-state index is 12.3. The van der Waals surface area contributed by atoms with Gasteiger partial charge < -0.3 is 0 Å². The lowest BCUT2D eigenvalue weighted by atomic mass is 9.96. The molecule has 0 spiro atoms. The Bertz CT molecular complexity index is 654. The Kier molecular flexibility index (Phi) is 5.87.